The number of rotatable bonds is 7. The van der Waals surface area contributed by atoms with Crippen molar-refractivity contribution in [2.45, 2.75) is 13.3 Å². The van der Waals surface area contributed by atoms with Gasteiger partial charge in [-0.15, -0.1) is 11.6 Å². The summed E-state index contributed by atoms with van der Waals surface area (Å²) in [4.78, 5) is 0. The summed E-state index contributed by atoms with van der Waals surface area (Å²) in [5.41, 5.74) is 5.90. The van der Waals surface area contributed by atoms with Crippen molar-refractivity contribution < 1.29 is 9.84 Å². The van der Waals surface area contributed by atoms with Crippen LogP contribution in [0.25, 0.3) is 11.1 Å². The Morgan fingerprint density at radius 1 is 0.962 bits per heavy atom. The molecule has 3 rings (SSSR count). The molecule has 0 unspecified atom stereocenters. The number of benzene rings is 2. The molecule has 0 aliphatic heterocycles. The number of phenolic OH excluding ortho intramolecular Hbond substituents is 1. The number of halogens is 1. The maximum atomic E-state index is 9.67. The number of allylic oxidation sites excluding steroid dienone is 1. The Hall–Kier alpha value is -2.23. The molecule has 4 heteroatoms. The summed E-state index contributed by atoms with van der Waals surface area (Å²) in [6, 6.07) is 17.6. The van der Waals surface area contributed by atoms with Crippen LogP contribution >= 0.6 is 22.9 Å². The first kappa shape index (κ1) is 18.6. The molecule has 1 N–H and O–H groups in total. The third-order valence-electron chi connectivity index (χ3n) is 4.17. The topological polar surface area (TPSA) is 29.5 Å². The molecule has 0 radical (unpaired) electrons. The number of hydrogen-bond donors (Lipinski definition) is 1. The van der Waals surface area contributed by atoms with Crippen molar-refractivity contribution in [2.24, 2.45) is 0 Å². The van der Waals surface area contributed by atoms with Crippen LogP contribution in [0.5, 0.6) is 11.5 Å². The molecule has 0 bridgehead atoms. The molecule has 0 aliphatic rings. The molecule has 3 aromatic rings. The minimum absolute atomic E-state index is 0.270. The zero-order chi connectivity index (χ0) is 18.4. The molecule has 1 heterocycles. The van der Waals surface area contributed by atoms with E-state index in [0.717, 1.165) is 23.3 Å². The van der Waals surface area contributed by atoms with E-state index in [4.69, 9.17) is 16.3 Å². The van der Waals surface area contributed by atoms with Gasteiger partial charge in [0.15, 0.2) is 0 Å². The van der Waals surface area contributed by atoms with Crippen molar-refractivity contribution >= 4 is 34.1 Å². The lowest BCUT2D eigenvalue weighted by Gasteiger charge is -2.16. The Balaban J connectivity index is 2.10. The zero-order valence-electron chi connectivity index (χ0n) is 14.6. The van der Waals surface area contributed by atoms with E-state index >= 15 is 0 Å². The van der Waals surface area contributed by atoms with Gasteiger partial charge in [-0.3, -0.25) is 0 Å². The molecule has 0 fully saturated rings. The summed E-state index contributed by atoms with van der Waals surface area (Å²) >= 11 is 7.39. The van der Waals surface area contributed by atoms with Crippen molar-refractivity contribution in [3.8, 4) is 11.5 Å². The minimum atomic E-state index is 0.270. The fraction of sp³-hybridized carbons (Fsp3) is 0.182. The van der Waals surface area contributed by atoms with Gasteiger partial charge in [0.2, 0.25) is 0 Å². The quantitative estimate of drug-likeness (QED) is 0.475. The normalized spacial score (nSPS) is 11.9. The van der Waals surface area contributed by atoms with Crippen molar-refractivity contribution in [3.05, 3.63) is 82.0 Å². The number of aromatic hydroxyl groups is 1. The number of ether oxygens (including phenoxy) is 1. The highest BCUT2D eigenvalue weighted by atomic mass is 35.5. The molecule has 0 amide bonds. The van der Waals surface area contributed by atoms with Crippen LogP contribution in [0.4, 0.5) is 0 Å². The molecule has 0 atom stereocenters. The lowest BCUT2D eigenvalue weighted by Crippen LogP contribution is -1.98. The van der Waals surface area contributed by atoms with Gasteiger partial charge in [0.05, 0.1) is 5.88 Å². The van der Waals surface area contributed by atoms with E-state index in [0.29, 0.717) is 12.5 Å². The highest BCUT2D eigenvalue weighted by molar-refractivity contribution is 7.08. The predicted molar refractivity (Wildman–Crippen MR) is 111 cm³/mol. The summed E-state index contributed by atoms with van der Waals surface area (Å²) in [7, 11) is 0. The van der Waals surface area contributed by atoms with Crippen molar-refractivity contribution in [1.82, 2.24) is 0 Å². The summed E-state index contributed by atoms with van der Waals surface area (Å²) in [5.74, 6) is 1.55. The molecular weight excluding hydrogens is 364 g/mol. The Labute approximate surface area is 163 Å². The van der Waals surface area contributed by atoms with Crippen LogP contribution in [0.2, 0.25) is 0 Å². The van der Waals surface area contributed by atoms with Gasteiger partial charge in [-0.1, -0.05) is 31.2 Å². The number of phenols is 1. The van der Waals surface area contributed by atoms with E-state index in [9.17, 15) is 5.11 Å². The fourth-order valence-electron chi connectivity index (χ4n) is 2.98. The van der Waals surface area contributed by atoms with Crippen LogP contribution < -0.4 is 4.74 Å². The molecule has 134 valence electrons. The molecule has 0 aliphatic carbocycles. The van der Waals surface area contributed by atoms with Gasteiger partial charge in [-0.2, -0.15) is 11.3 Å². The maximum absolute atomic E-state index is 9.67. The number of hydrogen-bond acceptors (Lipinski definition) is 3. The van der Waals surface area contributed by atoms with Crippen LogP contribution in [-0.2, 0) is 0 Å². The molecule has 0 spiro atoms. The third kappa shape index (κ3) is 4.29. The maximum Gasteiger partial charge on any atom is 0.119 e. The Kier molecular flexibility index (Phi) is 6.37. The van der Waals surface area contributed by atoms with Crippen LogP contribution in [0.15, 0.2) is 65.4 Å². The average molecular weight is 385 g/mol. The van der Waals surface area contributed by atoms with Crippen LogP contribution in [-0.4, -0.2) is 17.6 Å². The van der Waals surface area contributed by atoms with Gasteiger partial charge >= 0.3 is 0 Å². The van der Waals surface area contributed by atoms with E-state index in [1.54, 1.807) is 23.5 Å². The second kappa shape index (κ2) is 8.93. The lowest BCUT2D eigenvalue weighted by atomic mass is 9.89. The summed E-state index contributed by atoms with van der Waals surface area (Å²) in [6.45, 7) is 2.67. The monoisotopic (exact) mass is 384 g/mol. The minimum Gasteiger partial charge on any atom is -0.508 e. The Morgan fingerprint density at radius 2 is 1.62 bits per heavy atom. The fourth-order valence-corrected chi connectivity index (χ4v) is 3.73. The van der Waals surface area contributed by atoms with E-state index in [1.807, 2.05) is 24.3 Å². The SMILES string of the molecule is CCC(=C(c1ccc(O)cc1)c1ccc(OCCCl)cc1)c1ccsc1. The second-order valence-electron chi connectivity index (χ2n) is 5.83. The van der Waals surface area contributed by atoms with E-state index < -0.39 is 0 Å². The highest BCUT2D eigenvalue weighted by Crippen LogP contribution is 2.36. The van der Waals surface area contributed by atoms with E-state index in [1.165, 1.54) is 16.7 Å². The smallest absolute Gasteiger partial charge is 0.119 e. The summed E-state index contributed by atoms with van der Waals surface area (Å²) < 4.78 is 5.59. The molecule has 0 saturated heterocycles. The molecular formula is C22H21ClO2S. The van der Waals surface area contributed by atoms with Crippen LogP contribution in [0, 0.1) is 0 Å². The molecule has 2 nitrogen and oxygen atoms in total. The van der Waals surface area contributed by atoms with Gasteiger partial charge in [-0.25, -0.2) is 0 Å². The van der Waals surface area contributed by atoms with Crippen molar-refractivity contribution in [2.75, 3.05) is 12.5 Å². The van der Waals surface area contributed by atoms with Crippen LogP contribution in [0.3, 0.4) is 0 Å². The average Bonchev–Trinajstić information content (AvgIpc) is 3.20. The lowest BCUT2D eigenvalue weighted by molar-refractivity contribution is 0.343. The molecule has 2 aromatic carbocycles. The molecule has 0 saturated carbocycles. The molecule has 1 aromatic heterocycles. The van der Waals surface area contributed by atoms with E-state index in [-0.39, 0.29) is 5.75 Å². The number of thiophene rings is 1. The van der Waals surface area contributed by atoms with Gasteiger partial charge in [0.25, 0.3) is 0 Å². The number of alkyl halides is 1. The predicted octanol–water partition coefficient (Wildman–Crippen LogP) is 6.44. The first-order valence-electron chi connectivity index (χ1n) is 8.57. The second-order valence-corrected chi connectivity index (χ2v) is 6.99. The summed E-state index contributed by atoms with van der Waals surface area (Å²) in [6.07, 6.45) is 0.914. The Bertz CT molecular complexity index is 850. The van der Waals surface area contributed by atoms with Crippen LogP contribution in [0.1, 0.15) is 30.0 Å². The first-order valence-corrected chi connectivity index (χ1v) is 10.0. The standard InChI is InChI=1S/C22H21ClO2S/c1-2-21(18-11-14-26-15-18)22(16-3-7-19(24)8-4-16)17-5-9-20(10-6-17)25-13-12-23/h3-11,14-15,24H,2,12-13H2,1H3. The highest BCUT2D eigenvalue weighted by Gasteiger charge is 2.13. The van der Waals surface area contributed by atoms with Gasteiger partial charge < -0.3 is 9.84 Å². The van der Waals surface area contributed by atoms with Gasteiger partial charge in [0.1, 0.15) is 18.1 Å². The zero-order valence-corrected chi connectivity index (χ0v) is 16.2. The molecule has 26 heavy (non-hydrogen) atoms. The van der Waals surface area contributed by atoms with Crippen molar-refractivity contribution in [1.29, 1.82) is 0 Å². The summed E-state index contributed by atoms with van der Waals surface area (Å²) in [5, 5.41) is 13.9. The third-order valence-corrected chi connectivity index (χ3v) is 5.01. The van der Waals surface area contributed by atoms with Gasteiger partial charge in [-0.05, 0) is 75.3 Å². The largest absolute Gasteiger partial charge is 0.508 e. The van der Waals surface area contributed by atoms with Gasteiger partial charge in [0, 0.05) is 0 Å². The van der Waals surface area contributed by atoms with Crippen molar-refractivity contribution in [3.63, 3.8) is 0 Å². The van der Waals surface area contributed by atoms with E-state index in [2.05, 4.69) is 35.9 Å². The first-order chi connectivity index (χ1) is 12.7. The Morgan fingerprint density at radius 3 is 2.15 bits per heavy atom.